The quantitative estimate of drug-likeness (QED) is 0.888. The summed E-state index contributed by atoms with van der Waals surface area (Å²) in [7, 11) is 0. The Morgan fingerprint density at radius 3 is 2.76 bits per heavy atom. The molecule has 2 aliphatic rings. The van der Waals surface area contributed by atoms with Gasteiger partial charge in [-0.25, -0.2) is 4.98 Å². The summed E-state index contributed by atoms with van der Waals surface area (Å²) in [6.07, 6.45) is 4.96. The zero-order valence-corrected chi connectivity index (χ0v) is 14.2. The Balaban J connectivity index is 1.65. The number of carbonyl (C=O) groups excluding carboxylic acids is 1. The van der Waals surface area contributed by atoms with E-state index >= 15 is 0 Å². The highest BCUT2D eigenvalue weighted by Crippen LogP contribution is 2.48. The first-order chi connectivity index (χ1) is 12.0. The second-order valence-corrected chi connectivity index (χ2v) is 7.02. The fourth-order valence-corrected chi connectivity index (χ4v) is 3.91. The van der Waals surface area contributed by atoms with Crippen molar-refractivity contribution in [2.75, 3.05) is 0 Å². The molecule has 7 heteroatoms. The van der Waals surface area contributed by atoms with E-state index in [-0.39, 0.29) is 17.7 Å². The minimum atomic E-state index is -0.576. The lowest BCUT2D eigenvalue weighted by Crippen LogP contribution is -2.45. The Hall–Kier alpha value is -2.57. The zero-order valence-electron chi connectivity index (χ0n) is 14.2. The molecule has 2 aromatic heterocycles. The molecule has 0 aromatic carbocycles. The van der Waals surface area contributed by atoms with Gasteiger partial charge in [-0.05, 0) is 44.7 Å². The highest BCUT2D eigenvalue weighted by Gasteiger charge is 2.44. The van der Waals surface area contributed by atoms with Gasteiger partial charge in [0.2, 0.25) is 5.75 Å². The number of hydrogen-bond acceptors (Lipinski definition) is 5. The average molecular weight is 343 g/mol. The van der Waals surface area contributed by atoms with E-state index in [1.165, 1.54) is 0 Å². The maximum absolute atomic E-state index is 12.5. The molecule has 4 rings (SSSR count). The molecular formula is C18H21N3O4. The van der Waals surface area contributed by atoms with Crippen molar-refractivity contribution >= 4 is 5.91 Å². The van der Waals surface area contributed by atoms with Crippen molar-refractivity contribution in [2.24, 2.45) is 0 Å². The molecule has 0 radical (unpaired) electrons. The van der Waals surface area contributed by atoms with Gasteiger partial charge < -0.3 is 14.8 Å². The summed E-state index contributed by atoms with van der Waals surface area (Å²) in [6, 6.07) is 3.58. The summed E-state index contributed by atoms with van der Waals surface area (Å²) in [6.45, 7) is 2.54. The number of furan rings is 1. The van der Waals surface area contributed by atoms with Crippen molar-refractivity contribution in [3.05, 3.63) is 45.5 Å². The molecule has 1 amide bonds. The van der Waals surface area contributed by atoms with Crippen molar-refractivity contribution in [3.8, 4) is 5.75 Å². The maximum Gasteiger partial charge on any atom is 0.296 e. The Morgan fingerprint density at radius 1 is 1.36 bits per heavy atom. The summed E-state index contributed by atoms with van der Waals surface area (Å²) in [4.78, 5) is 29.4. The van der Waals surface area contributed by atoms with Crippen LogP contribution in [0, 0.1) is 6.92 Å². The van der Waals surface area contributed by atoms with Gasteiger partial charge in [-0.1, -0.05) is 6.42 Å². The number of carbonyl (C=O) groups is 1. The van der Waals surface area contributed by atoms with E-state index in [0.717, 1.165) is 37.9 Å². The molecule has 2 N–H and O–H groups in total. The van der Waals surface area contributed by atoms with Gasteiger partial charge in [0.05, 0.1) is 6.54 Å². The minimum Gasteiger partial charge on any atom is -0.501 e. The number of nitrogens with zero attached hydrogens (tertiary/aromatic N) is 2. The summed E-state index contributed by atoms with van der Waals surface area (Å²) < 4.78 is 6.96. The van der Waals surface area contributed by atoms with Crippen molar-refractivity contribution in [1.82, 2.24) is 14.9 Å². The molecule has 1 saturated carbocycles. The molecule has 1 fully saturated rings. The third-order valence-electron chi connectivity index (χ3n) is 5.40. The number of aryl methyl sites for hydroxylation is 1. The first-order valence-corrected chi connectivity index (χ1v) is 8.68. The standard InChI is InChI=1S/C18H21N3O4/c1-11-4-5-12(25-11)10-19-15(23)13-14(22)16(24)21-9-3-8-18(6-2-7-18)17(21)20-13/h4-5,22H,2-3,6-10H2,1H3,(H,19,23). The molecule has 25 heavy (non-hydrogen) atoms. The second kappa shape index (κ2) is 5.75. The molecule has 1 aliphatic heterocycles. The summed E-state index contributed by atoms with van der Waals surface area (Å²) in [5.41, 5.74) is -0.805. The monoisotopic (exact) mass is 343 g/mol. The van der Waals surface area contributed by atoms with Gasteiger partial charge in [0.15, 0.2) is 5.69 Å². The van der Waals surface area contributed by atoms with Gasteiger partial charge in [0, 0.05) is 12.0 Å². The van der Waals surface area contributed by atoms with E-state index in [4.69, 9.17) is 4.42 Å². The second-order valence-electron chi connectivity index (χ2n) is 7.02. The van der Waals surface area contributed by atoms with Crippen molar-refractivity contribution in [2.45, 2.75) is 57.5 Å². The Labute approximate surface area is 144 Å². The minimum absolute atomic E-state index is 0.0989. The third kappa shape index (κ3) is 2.54. The van der Waals surface area contributed by atoms with Crippen LogP contribution >= 0.6 is 0 Å². The molecule has 1 aliphatic carbocycles. The topological polar surface area (TPSA) is 97.4 Å². The van der Waals surface area contributed by atoms with Gasteiger partial charge >= 0.3 is 0 Å². The highest BCUT2D eigenvalue weighted by molar-refractivity contribution is 5.94. The number of hydrogen-bond donors (Lipinski definition) is 2. The van der Waals surface area contributed by atoms with Gasteiger partial charge in [-0.15, -0.1) is 0 Å². The van der Waals surface area contributed by atoms with Crippen LogP contribution in [0.3, 0.4) is 0 Å². The number of rotatable bonds is 3. The Morgan fingerprint density at radius 2 is 2.12 bits per heavy atom. The summed E-state index contributed by atoms with van der Waals surface area (Å²) in [5, 5.41) is 12.9. The van der Waals surface area contributed by atoms with Gasteiger partial charge in [-0.2, -0.15) is 0 Å². The molecule has 0 unspecified atom stereocenters. The van der Waals surface area contributed by atoms with Crippen molar-refractivity contribution in [3.63, 3.8) is 0 Å². The molecule has 1 spiro atoms. The van der Waals surface area contributed by atoms with Gasteiger partial charge in [0.25, 0.3) is 11.5 Å². The smallest absolute Gasteiger partial charge is 0.296 e. The molecule has 0 atom stereocenters. The normalized spacial score (nSPS) is 17.8. The van der Waals surface area contributed by atoms with E-state index < -0.39 is 17.2 Å². The van der Waals surface area contributed by atoms with Crippen LogP contribution in [-0.2, 0) is 18.5 Å². The maximum atomic E-state index is 12.5. The largest absolute Gasteiger partial charge is 0.501 e. The van der Waals surface area contributed by atoms with Crippen LogP contribution in [-0.4, -0.2) is 20.6 Å². The summed E-state index contributed by atoms with van der Waals surface area (Å²) in [5.74, 6) is 0.881. The van der Waals surface area contributed by atoms with Crippen LogP contribution in [0.2, 0.25) is 0 Å². The van der Waals surface area contributed by atoms with Crippen molar-refractivity contribution in [1.29, 1.82) is 0 Å². The Kier molecular flexibility index (Phi) is 3.67. The number of nitrogens with one attached hydrogen (secondary N) is 1. The zero-order chi connectivity index (χ0) is 17.6. The fraction of sp³-hybridized carbons (Fsp3) is 0.500. The predicted octanol–water partition coefficient (Wildman–Crippen LogP) is 2.00. The average Bonchev–Trinajstić information content (AvgIpc) is 2.99. The first-order valence-electron chi connectivity index (χ1n) is 8.68. The number of aromatic nitrogens is 2. The van der Waals surface area contributed by atoms with E-state index in [1.807, 2.05) is 13.0 Å². The van der Waals surface area contributed by atoms with Crippen molar-refractivity contribution < 1.29 is 14.3 Å². The van der Waals surface area contributed by atoms with E-state index in [2.05, 4.69) is 10.3 Å². The van der Waals surface area contributed by atoms with E-state index in [9.17, 15) is 14.7 Å². The van der Waals surface area contributed by atoms with Crippen LogP contribution in [0.5, 0.6) is 5.75 Å². The SMILES string of the molecule is Cc1ccc(CNC(=O)c2nc3n(c(=O)c2O)CCCC32CCC2)o1. The van der Waals surface area contributed by atoms with E-state index in [1.54, 1.807) is 10.6 Å². The first kappa shape index (κ1) is 15.9. The lowest BCUT2D eigenvalue weighted by molar-refractivity contribution is 0.0935. The third-order valence-corrected chi connectivity index (χ3v) is 5.40. The van der Waals surface area contributed by atoms with Crippen LogP contribution < -0.4 is 10.9 Å². The summed E-state index contributed by atoms with van der Waals surface area (Å²) >= 11 is 0. The highest BCUT2D eigenvalue weighted by atomic mass is 16.3. The van der Waals surface area contributed by atoms with Crippen LogP contribution in [0.4, 0.5) is 0 Å². The Bertz CT molecular complexity index is 892. The molecule has 3 heterocycles. The molecule has 7 nitrogen and oxygen atoms in total. The van der Waals surface area contributed by atoms with Crippen LogP contribution in [0.15, 0.2) is 21.3 Å². The lowest BCUT2D eigenvalue weighted by Gasteiger charge is -2.45. The molecule has 132 valence electrons. The molecular weight excluding hydrogens is 322 g/mol. The van der Waals surface area contributed by atoms with Gasteiger partial charge in [0.1, 0.15) is 17.3 Å². The number of amides is 1. The molecule has 0 bridgehead atoms. The molecule has 2 aromatic rings. The predicted molar refractivity (Wildman–Crippen MR) is 89.5 cm³/mol. The lowest BCUT2D eigenvalue weighted by atomic mass is 9.64. The van der Waals surface area contributed by atoms with Crippen LogP contribution in [0.25, 0.3) is 0 Å². The fourth-order valence-electron chi connectivity index (χ4n) is 3.91. The van der Waals surface area contributed by atoms with Crippen LogP contribution in [0.1, 0.15) is 59.9 Å². The number of fused-ring (bicyclic) bond motifs is 2. The number of aromatic hydroxyl groups is 1. The van der Waals surface area contributed by atoms with E-state index in [0.29, 0.717) is 18.1 Å². The van der Waals surface area contributed by atoms with Gasteiger partial charge in [-0.3, -0.25) is 14.2 Å². The molecule has 0 saturated heterocycles.